The van der Waals surface area contributed by atoms with Gasteiger partial charge < -0.3 is 0 Å². The number of hydrogen-bond acceptors (Lipinski definition) is 2. The van der Waals surface area contributed by atoms with Crippen molar-refractivity contribution >= 4 is 49.0 Å². The molecule has 1 aromatic heterocycles. The molecular weight excluding hydrogens is 376 g/mol. The Morgan fingerprint density at radius 3 is 2.78 bits per heavy atom. The van der Waals surface area contributed by atoms with Gasteiger partial charge in [-0.2, -0.15) is 0 Å². The number of hydrogen-bond donors (Lipinski definition) is 0. The lowest BCUT2D eigenvalue weighted by Crippen LogP contribution is -2.19. The first-order valence-electron chi connectivity index (χ1n) is 5.71. The fourth-order valence-corrected chi connectivity index (χ4v) is 4.34. The Labute approximate surface area is 126 Å². The molecule has 0 bridgehead atoms. The van der Waals surface area contributed by atoms with E-state index in [0.717, 1.165) is 19.6 Å². The van der Waals surface area contributed by atoms with Crippen molar-refractivity contribution in [1.29, 1.82) is 0 Å². The zero-order valence-corrected chi connectivity index (χ0v) is 13.4. The van der Waals surface area contributed by atoms with E-state index in [-0.39, 0.29) is 5.78 Å². The molecule has 92 valence electrons. The van der Waals surface area contributed by atoms with Crippen molar-refractivity contribution in [3.05, 3.63) is 54.6 Å². The number of ketones is 1. The molecule has 1 aliphatic rings. The second kappa shape index (κ2) is 4.91. The van der Waals surface area contributed by atoms with E-state index in [1.165, 1.54) is 22.5 Å². The summed E-state index contributed by atoms with van der Waals surface area (Å²) in [6, 6.07) is 10.3. The molecule has 1 nitrogen and oxygen atoms in total. The molecule has 2 aromatic rings. The van der Waals surface area contributed by atoms with E-state index in [0.29, 0.717) is 12.3 Å². The molecule has 1 heterocycles. The van der Waals surface area contributed by atoms with Crippen LogP contribution in [0.4, 0.5) is 0 Å². The van der Waals surface area contributed by atoms with Crippen LogP contribution in [0.3, 0.4) is 0 Å². The van der Waals surface area contributed by atoms with Crippen LogP contribution in [-0.4, -0.2) is 5.78 Å². The van der Waals surface area contributed by atoms with E-state index in [1.54, 1.807) is 0 Å². The van der Waals surface area contributed by atoms with Crippen LogP contribution in [0.15, 0.2) is 38.6 Å². The second-order valence-corrected chi connectivity index (χ2v) is 7.68. The summed E-state index contributed by atoms with van der Waals surface area (Å²) in [7, 11) is 0. The van der Waals surface area contributed by atoms with Crippen LogP contribution >= 0.6 is 43.2 Å². The Morgan fingerprint density at radius 1 is 1.33 bits per heavy atom. The number of fused-ring (bicyclic) bond motifs is 1. The molecule has 18 heavy (non-hydrogen) atoms. The predicted octanol–water partition coefficient (Wildman–Crippen LogP) is 5.19. The van der Waals surface area contributed by atoms with E-state index in [1.807, 2.05) is 12.1 Å². The van der Waals surface area contributed by atoms with Gasteiger partial charge in [0, 0.05) is 10.9 Å². The lowest BCUT2D eigenvalue weighted by atomic mass is 9.75. The number of halogens is 2. The normalized spacial score (nSPS) is 17.1. The van der Waals surface area contributed by atoms with Gasteiger partial charge in [0.2, 0.25) is 0 Å². The minimum Gasteiger partial charge on any atom is -0.293 e. The van der Waals surface area contributed by atoms with Crippen LogP contribution < -0.4 is 0 Å². The summed E-state index contributed by atoms with van der Waals surface area (Å²) in [5.74, 6) is 0.652. The molecule has 0 saturated carbocycles. The van der Waals surface area contributed by atoms with Crippen LogP contribution in [0.1, 0.15) is 33.1 Å². The van der Waals surface area contributed by atoms with Crippen molar-refractivity contribution in [2.24, 2.45) is 0 Å². The number of Topliss-reactive ketones (excluding diaryl/α,β-unsaturated/α-hetero) is 1. The molecule has 0 radical (unpaired) electrons. The summed E-state index contributed by atoms with van der Waals surface area (Å²) in [6.07, 6.45) is 1.66. The van der Waals surface area contributed by atoms with Crippen LogP contribution in [0.2, 0.25) is 0 Å². The zero-order valence-electron chi connectivity index (χ0n) is 9.45. The standard InChI is InChI=1S/C14H10Br2OS/c15-11-7-13(18-14(11)16)12(17)6-9-5-8-3-1-2-4-10(8)9/h1-4,7,9H,5-6H2. The first-order valence-corrected chi connectivity index (χ1v) is 8.11. The van der Waals surface area contributed by atoms with Gasteiger partial charge in [-0.05, 0) is 61.4 Å². The molecule has 4 heteroatoms. The molecule has 0 amide bonds. The summed E-state index contributed by atoms with van der Waals surface area (Å²) in [6.45, 7) is 0. The second-order valence-electron chi connectivity index (χ2n) is 4.46. The van der Waals surface area contributed by atoms with Gasteiger partial charge >= 0.3 is 0 Å². The molecule has 0 N–H and O–H groups in total. The SMILES string of the molecule is O=C(CC1Cc2ccccc21)c1cc(Br)c(Br)s1. The van der Waals surface area contributed by atoms with Gasteiger partial charge in [0.05, 0.1) is 8.66 Å². The van der Waals surface area contributed by atoms with Gasteiger partial charge in [0.15, 0.2) is 5.78 Å². The minimum atomic E-state index is 0.242. The van der Waals surface area contributed by atoms with Crippen molar-refractivity contribution < 1.29 is 4.79 Å². The van der Waals surface area contributed by atoms with Gasteiger partial charge in [0.25, 0.3) is 0 Å². The first kappa shape index (κ1) is 12.6. The van der Waals surface area contributed by atoms with E-state index in [2.05, 4.69) is 50.1 Å². The molecule has 1 aliphatic carbocycles. The van der Waals surface area contributed by atoms with Crippen molar-refractivity contribution in [2.45, 2.75) is 18.8 Å². The van der Waals surface area contributed by atoms with Crippen molar-refractivity contribution in [2.75, 3.05) is 0 Å². The Kier molecular flexibility index (Phi) is 3.43. The van der Waals surface area contributed by atoms with E-state index < -0.39 is 0 Å². The number of carbonyl (C=O) groups is 1. The molecule has 1 atom stereocenters. The summed E-state index contributed by atoms with van der Waals surface area (Å²) in [5.41, 5.74) is 2.74. The molecule has 0 spiro atoms. The molecular formula is C14H10Br2OS. The highest BCUT2D eigenvalue weighted by Crippen LogP contribution is 2.39. The predicted molar refractivity (Wildman–Crippen MR) is 81.6 cm³/mol. The third-order valence-electron chi connectivity index (χ3n) is 3.31. The largest absolute Gasteiger partial charge is 0.293 e. The van der Waals surface area contributed by atoms with Gasteiger partial charge in [-0.1, -0.05) is 24.3 Å². The highest BCUT2D eigenvalue weighted by Gasteiger charge is 2.28. The molecule has 0 fully saturated rings. The molecule has 1 unspecified atom stereocenters. The molecule has 0 aliphatic heterocycles. The first-order chi connectivity index (χ1) is 8.65. The average Bonchev–Trinajstić information content (AvgIpc) is 2.67. The Balaban J connectivity index is 1.74. The minimum absolute atomic E-state index is 0.242. The molecule has 3 rings (SSSR count). The number of benzene rings is 1. The van der Waals surface area contributed by atoms with E-state index in [4.69, 9.17) is 0 Å². The number of thiophene rings is 1. The summed E-state index contributed by atoms with van der Waals surface area (Å²) < 4.78 is 1.95. The maximum atomic E-state index is 12.2. The third-order valence-corrected chi connectivity index (χ3v) is 6.61. The van der Waals surface area contributed by atoms with Crippen molar-refractivity contribution in [3.63, 3.8) is 0 Å². The smallest absolute Gasteiger partial charge is 0.173 e. The van der Waals surface area contributed by atoms with Crippen molar-refractivity contribution in [1.82, 2.24) is 0 Å². The Bertz CT molecular complexity index is 599. The Morgan fingerprint density at radius 2 is 2.11 bits per heavy atom. The lowest BCUT2D eigenvalue weighted by molar-refractivity contribution is 0.0974. The highest BCUT2D eigenvalue weighted by atomic mass is 79.9. The lowest BCUT2D eigenvalue weighted by Gasteiger charge is -2.29. The fraction of sp³-hybridized carbons (Fsp3) is 0.214. The van der Waals surface area contributed by atoms with Gasteiger partial charge in [0.1, 0.15) is 0 Å². The number of carbonyl (C=O) groups excluding carboxylic acids is 1. The van der Waals surface area contributed by atoms with Crippen LogP contribution in [-0.2, 0) is 6.42 Å². The van der Waals surface area contributed by atoms with Gasteiger partial charge in [-0.3, -0.25) is 4.79 Å². The Hall–Kier alpha value is -0.450. The summed E-state index contributed by atoms with van der Waals surface area (Å²) in [5, 5.41) is 0. The maximum absolute atomic E-state index is 12.2. The van der Waals surface area contributed by atoms with Crippen LogP contribution in [0.5, 0.6) is 0 Å². The molecule has 1 aromatic carbocycles. The van der Waals surface area contributed by atoms with Crippen LogP contribution in [0, 0.1) is 0 Å². The van der Waals surface area contributed by atoms with Crippen molar-refractivity contribution in [3.8, 4) is 0 Å². The van der Waals surface area contributed by atoms with Gasteiger partial charge in [-0.25, -0.2) is 0 Å². The van der Waals surface area contributed by atoms with E-state index in [9.17, 15) is 4.79 Å². The average molecular weight is 386 g/mol. The van der Waals surface area contributed by atoms with Crippen LogP contribution in [0.25, 0.3) is 0 Å². The summed E-state index contributed by atoms with van der Waals surface area (Å²) >= 11 is 8.35. The topological polar surface area (TPSA) is 17.1 Å². The fourth-order valence-electron chi connectivity index (χ4n) is 2.35. The van der Waals surface area contributed by atoms with Gasteiger partial charge in [-0.15, -0.1) is 11.3 Å². The zero-order chi connectivity index (χ0) is 12.7. The molecule has 0 saturated heterocycles. The van der Waals surface area contributed by atoms with E-state index >= 15 is 0 Å². The summed E-state index contributed by atoms with van der Waals surface area (Å²) in [4.78, 5) is 13.0. The quantitative estimate of drug-likeness (QED) is 0.664. The monoisotopic (exact) mass is 384 g/mol. The maximum Gasteiger partial charge on any atom is 0.173 e. The third kappa shape index (κ3) is 2.22. The highest BCUT2D eigenvalue weighted by molar-refractivity contribution is 9.13. The number of rotatable bonds is 3.